The monoisotopic (exact) mass is 521 g/mol. The number of carbonyl (C=O) groups is 1. The second-order valence-corrected chi connectivity index (χ2v) is 9.92. The number of hydrogen-bond donors (Lipinski definition) is 1. The maximum absolute atomic E-state index is 13.9. The Kier molecular flexibility index (Phi) is 6.48. The molecule has 0 saturated carbocycles. The van der Waals surface area contributed by atoms with Gasteiger partial charge in [-0.25, -0.2) is 9.48 Å². The Hall–Kier alpha value is -4.29. The molecular weight excluding hydrogens is 494 g/mol. The molecule has 0 bridgehead atoms. The molecule has 7 heteroatoms. The number of nitrogens with one attached hydrogen (secondary N) is 1. The molecule has 0 spiro atoms. The number of fused-ring (bicyclic) bond motifs is 3. The van der Waals surface area contributed by atoms with Crippen LogP contribution in [0.25, 0.3) is 11.5 Å². The van der Waals surface area contributed by atoms with Crippen molar-refractivity contribution in [3.63, 3.8) is 0 Å². The second-order valence-electron chi connectivity index (χ2n) is 9.49. The van der Waals surface area contributed by atoms with Crippen LogP contribution in [0.15, 0.2) is 103 Å². The van der Waals surface area contributed by atoms with E-state index in [1.165, 1.54) is 5.56 Å². The molecule has 0 fully saturated rings. The van der Waals surface area contributed by atoms with Gasteiger partial charge in [-0.1, -0.05) is 72.3 Å². The van der Waals surface area contributed by atoms with Crippen LogP contribution in [0.3, 0.4) is 0 Å². The van der Waals surface area contributed by atoms with Crippen LogP contribution in [0.1, 0.15) is 34.1 Å². The lowest BCUT2D eigenvalue weighted by atomic mass is 10.0. The fourth-order valence-electron chi connectivity index (χ4n) is 5.21. The Morgan fingerprint density at radius 1 is 0.947 bits per heavy atom. The molecule has 0 saturated heterocycles. The summed E-state index contributed by atoms with van der Waals surface area (Å²) in [7, 11) is 0. The highest BCUT2D eigenvalue weighted by atomic mass is 35.5. The van der Waals surface area contributed by atoms with Crippen molar-refractivity contribution in [2.24, 2.45) is 0 Å². The van der Waals surface area contributed by atoms with E-state index < -0.39 is 0 Å². The van der Waals surface area contributed by atoms with Gasteiger partial charge in [0.15, 0.2) is 0 Å². The minimum Gasteiger partial charge on any atom is -0.338 e. The first kappa shape index (κ1) is 24.1. The van der Waals surface area contributed by atoms with Crippen LogP contribution in [-0.4, -0.2) is 31.8 Å². The van der Waals surface area contributed by atoms with E-state index in [9.17, 15) is 4.79 Å². The Bertz CT molecular complexity index is 1560. The van der Waals surface area contributed by atoms with Crippen molar-refractivity contribution in [2.75, 3.05) is 6.54 Å². The summed E-state index contributed by atoms with van der Waals surface area (Å²) in [6, 6.07) is 31.7. The third kappa shape index (κ3) is 4.48. The molecule has 6 nitrogen and oxygen atoms in total. The summed E-state index contributed by atoms with van der Waals surface area (Å²) < 4.78 is 4.14. The Balaban J connectivity index is 1.43. The molecule has 0 aliphatic carbocycles. The average molecular weight is 522 g/mol. The average Bonchev–Trinajstić information content (AvgIpc) is 3.51. The van der Waals surface area contributed by atoms with E-state index in [2.05, 4.69) is 34.3 Å². The van der Waals surface area contributed by atoms with Gasteiger partial charge < -0.3 is 14.8 Å². The highest BCUT2D eigenvalue weighted by Crippen LogP contribution is 2.38. The number of rotatable bonds is 5. The van der Waals surface area contributed by atoms with E-state index in [0.29, 0.717) is 18.1 Å². The highest BCUT2D eigenvalue weighted by molar-refractivity contribution is 6.30. The standard InChI is InChI=1S/C31H28ClN5O/c1-22-27-21-36(31(38)33-19-18-23-9-4-2-5-10-23)29(24-14-16-25(32)17-15-24)28-13-8-20-35(28)30(27)37(34-22)26-11-6-3-7-12-26/h2-17,20,29H,18-19,21H2,1H3,(H,33,38). The zero-order chi connectivity index (χ0) is 26.1. The molecule has 1 N–H and O–H groups in total. The van der Waals surface area contributed by atoms with E-state index in [1.807, 2.05) is 95.4 Å². The minimum absolute atomic E-state index is 0.117. The first-order valence-corrected chi connectivity index (χ1v) is 13.1. The van der Waals surface area contributed by atoms with E-state index in [0.717, 1.165) is 40.4 Å². The molecule has 2 aromatic heterocycles. The smallest absolute Gasteiger partial charge is 0.318 e. The number of amides is 2. The molecule has 1 unspecified atom stereocenters. The minimum atomic E-state index is -0.310. The fourth-order valence-corrected chi connectivity index (χ4v) is 5.33. The lowest BCUT2D eigenvalue weighted by molar-refractivity contribution is 0.180. The van der Waals surface area contributed by atoms with Crippen molar-refractivity contribution in [2.45, 2.75) is 25.9 Å². The first-order valence-electron chi connectivity index (χ1n) is 12.8. The number of aromatic nitrogens is 3. The van der Waals surface area contributed by atoms with Gasteiger partial charge in [0.05, 0.1) is 29.7 Å². The number of hydrogen-bond acceptors (Lipinski definition) is 2. The van der Waals surface area contributed by atoms with E-state index >= 15 is 0 Å². The summed E-state index contributed by atoms with van der Waals surface area (Å²) in [6.45, 7) is 2.97. The zero-order valence-electron chi connectivity index (χ0n) is 21.1. The molecule has 1 aliphatic rings. The summed E-state index contributed by atoms with van der Waals surface area (Å²) in [5.74, 6) is 0.951. The van der Waals surface area contributed by atoms with Crippen LogP contribution < -0.4 is 5.32 Å². The quantitative estimate of drug-likeness (QED) is 0.288. The van der Waals surface area contributed by atoms with Crippen LogP contribution in [-0.2, 0) is 13.0 Å². The van der Waals surface area contributed by atoms with E-state index in [-0.39, 0.29) is 12.1 Å². The number of carbonyl (C=O) groups excluding carboxylic acids is 1. The highest BCUT2D eigenvalue weighted by Gasteiger charge is 2.35. The summed E-state index contributed by atoms with van der Waals surface area (Å²) in [4.78, 5) is 15.8. The van der Waals surface area contributed by atoms with Crippen LogP contribution in [0.5, 0.6) is 0 Å². The van der Waals surface area contributed by atoms with Crippen LogP contribution >= 0.6 is 11.6 Å². The maximum Gasteiger partial charge on any atom is 0.318 e. The normalized spacial score (nSPS) is 14.5. The lowest BCUT2D eigenvalue weighted by Gasteiger charge is -2.31. The van der Waals surface area contributed by atoms with Gasteiger partial charge in [0.1, 0.15) is 5.82 Å². The van der Waals surface area contributed by atoms with Crippen LogP contribution in [0.4, 0.5) is 4.79 Å². The van der Waals surface area contributed by atoms with Crippen molar-refractivity contribution in [3.8, 4) is 11.5 Å². The van der Waals surface area contributed by atoms with Gasteiger partial charge in [-0.15, -0.1) is 0 Å². The number of urea groups is 1. The Morgan fingerprint density at radius 3 is 2.39 bits per heavy atom. The molecule has 190 valence electrons. The van der Waals surface area contributed by atoms with Gasteiger partial charge in [-0.05, 0) is 60.9 Å². The fraction of sp³-hybridized carbons (Fsp3) is 0.161. The van der Waals surface area contributed by atoms with Crippen molar-refractivity contribution < 1.29 is 4.79 Å². The van der Waals surface area contributed by atoms with Gasteiger partial charge in [0, 0.05) is 23.3 Å². The molecular formula is C31H28ClN5O. The summed E-state index contributed by atoms with van der Waals surface area (Å²) in [6.07, 6.45) is 2.81. The number of halogens is 1. The molecule has 6 rings (SSSR count). The van der Waals surface area contributed by atoms with Gasteiger partial charge >= 0.3 is 6.03 Å². The van der Waals surface area contributed by atoms with Gasteiger partial charge in [-0.3, -0.25) is 0 Å². The summed E-state index contributed by atoms with van der Waals surface area (Å²) in [5, 5.41) is 8.75. The topological polar surface area (TPSA) is 55.1 Å². The molecule has 1 aliphatic heterocycles. The van der Waals surface area contributed by atoms with E-state index in [1.54, 1.807) is 0 Å². The second kappa shape index (κ2) is 10.2. The van der Waals surface area contributed by atoms with Crippen molar-refractivity contribution in [1.29, 1.82) is 0 Å². The SMILES string of the molecule is Cc1nn(-c2ccccc2)c2c1CN(C(=O)NCCc1ccccc1)C(c1ccc(Cl)cc1)c1cccn1-2. The number of benzene rings is 3. The van der Waals surface area contributed by atoms with Gasteiger partial charge in [-0.2, -0.15) is 5.10 Å². The molecule has 38 heavy (non-hydrogen) atoms. The molecule has 3 aromatic carbocycles. The first-order chi connectivity index (χ1) is 18.6. The van der Waals surface area contributed by atoms with Crippen molar-refractivity contribution in [1.82, 2.24) is 24.6 Å². The third-order valence-corrected chi connectivity index (χ3v) is 7.32. The Labute approximate surface area is 227 Å². The molecule has 1 atom stereocenters. The van der Waals surface area contributed by atoms with Crippen LogP contribution in [0, 0.1) is 6.92 Å². The van der Waals surface area contributed by atoms with E-state index in [4.69, 9.17) is 16.7 Å². The predicted molar refractivity (Wildman–Crippen MR) is 150 cm³/mol. The molecule has 0 radical (unpaired) electrons. The third-order valence-electron chi connectivity index (χ3n) is 7.07. The lowest BCUT2D eigenvalue weighted by Crippen LogP contribution is -2.42. The summed E-state index contributed by atoms with van der Waals surface area (Å²) in [5.41, 5.74) is 6.05. The zero-order valence-corrected chi connectivity index (χ0v) is 21.8. The largest absolute Gasteiger partial charge is 0.338 e. The molecule has 2 amide bonds. The van der Waals surface area contributed by atoms with Gasteiger partial charge in [0.25, 0.3) is 0 Å². The van der Waals surface area contributed by atoms with Gasteiger partial charge in [0.2, 0.25) is 0 Å². The number of aryl methyl sites for hydroxylation is 1. The number of para-hydroxylation sites is 1. The van der Waals surface area contributed by atoms with Crippen molar-refractivity contribution >= 4 is 17.6 Å². The number of nitrogens with zero attached hydrogens (tertiary/aromatic N) is 4. The maximum atomic E-state index is 13.9. The summed E-state index contributed by atoms with van der Waals surface area (Å²) >= 11 is 6.24. The van der Waals surface area contributed by atoms with Crippen LogP contribution in [0.2, 0.25) is 5.02 Å². The predicted octanol–water partition coefficient (Wildman–Crippen LogP) is 6.48. The van der Waals surface area contributed by atoms with Crippen molar-refractivity contribution in [3.05, 3.63) is 136 Å². The Morgan fingerprint density at radius 2 is 1.66 bits per heavy atom. The molecule has 5 aromatic rings. The molecule has 3 heterocycles.